The Morgan fingerprint density at radius 2 is 1.52 bits per heavy atom. The molecule has 0 saturated heterocycles. The number of nitrogens with one attached hydrogen (secondary N) is 1. The van der Waals surface area contributed by atoms with Gasteiger partial charge in [-0.15, -0.1) is 0 Å². The molecule has 3 rings (SSSR count). The summed E-state index contributed by atoms with van der Waals surface area (Å²) < 4.78 is 37.6. The van der Waals surface area contributed by atoms with Crippen LogP contribution in [0, 0.1) is 0 Å². The number of rotatable bonds is 7. The van der Waals surface area contributed by atoms with Crippen molar-refractivity contribution < 1.29 is 27.6 Å². The lowest BCUT2D eigenvalue weighted by Gasteiger charge is -2.13. The van der Waals surface area contributed by atoms with E-state index in [0.717, 1.165) is 17.0 Å². The SMILES string of the molecule is O=C(CCCN1C(=O)c2ccccc2C1=O)NCCc1ccc(C(F)(F)F)cc1. The number of benzene rings is 2. The maximum atomic E-state index is 12.5. The summed E-state index contributed by atoms with van der Waals surface area (Å²) in [6.07, 6.45) is -3.49. The first-order chi connectivity index (χ1) is 13.8. The van der Waals surface area contributed by atoms with Gasteiger partial charge < -0.3 is 5.32 Å². The third kappa shape index (κ3) is 4.82. The molecule has 29 heavy (non-hydrogen) atoms. The Labute approximate surface area is 165 Å². The van der Waals surface area contributed by atoms with Crippen molar-refractivity contribution >= 4 is 17.7 Å². The van der Waals surface area contributed by atoms with Crippen molar-refractivity contribution in [3.05, 3.63) is 70.8 Å². The van der Waals surface area contributed by atoms with Crippen LogP contribution >= 0.6 is 0 Å². The van der Waals surface area contributed by atoms with E-state index >= 15 is 0 Å². The van der Waals surface area contributed by atoms with Crippen molar-refractivity contribution in [3.63, 3.8) is 0 Å². The van der Waals surface area contributed by atoms with Crippen LogP contribution in [0.25, 0.3) is 0 Å². The van der Waals surface area contributed by atoms with Crippen molar-refractivity contribution in [1.29, 1.82) is 0 Å². The fourth-order valence-electron chi connectivity index (χ4n) is 3.13. The van der Waals surface area contributed by atoms with Crippen molar-refractivity contribution in [1.82, 2.24) is 10.2 Å². The normalized spacial score (nSPS) is 13.6. The molecular weight excluding hydrogens is 385 g/mol. The summed E-state index contributed by atoms with van der Waals surface area (Å²) in [6, 6.07) is 11.4. The number of hydrogen-bond donors (Lipinski definition) is 1. The first-order valence-electron chi connectivity index (χ1n) is 9.15. The predicted molar refractivity (Wildman–Crippen MR) is 99.2 cm³/mol. The van der Waals surface area contributed by atoms with E-state index in [1.54, 1.807) is 24.3 Å². The molecule has 0 unspecified atom stereocenters. The van der Waals surface area contributed by atoms with Crippen LogP contribution in [-0.2, 0) is 17.4 Å². The van der Waals surface area contributed by atoms with E-state index in [4.69, 9.17) is 0 Å². The minimum absolute atomic E-state index is 0.139. The summed E-state index contributed by atoms with van der Waals surface area (Å²) in [6.45, 7) is 0.440. The fraction of sp³-hybridized carbons (Fsp3) is 0.286. The molecule has 0 aliphatic carbocycles. The van der Waals surface area contributed by atoms with Crippen LogP contribution in [0.15, 0.2) is 48.5 Å². The summed E-state index contributed by atoms with van der Waals surface area (Å²) in [5, 5.41) is 2.69. The van der Waals surface area contributed by atoms with Crippen LogP contribution in [0.1, 0.15) is 44.7 Å². The van der Waals surface area contributed by atoms with Crippen LogP contribution in [0.2, 0.25) is 0 Å². The highest BCUT2D eigenvalue weighted by molar-refractivity contribution is 6.21. The predicted octanol–water partition coefficient (Wildman–Crippen LogP) is 3.44. The minimum Gasteiger partial charge on any atom is -0.356 e. The van der Waals surface area contributed by atoms with Gasteiger partial charge in [0, 0.05) is 19.5 Å². The summed E-state index contributed by atoms with van der Waals surface area (Å²) in [4.78, 5) is 37.5. The maximum absolute atomic E-state index is 12.5. The molecule has 0 atom stereocenters. The molecule has 1 heterocycles. The zero-order valence-corrected chi connectivity index (χ0v) is 15.5. The molecule has 2 aromatic rings. The van der Waals surface area contributed by atoms with E-state index in [9.17, 15) is 27.6 Å². The second-order valence-electron chi connectivity index (χ2n) is 6.71. The Kier molecular flexibility index (Phi) is 6.00. The lowest BCUT2D eigenvalue weighted by Crippen LogP contribution is -2.32. The van der Waals surface area contributed by atoms with Gasteiger partial charge in [-0.3, -0.25) is 19.3 Å². The minimum atomic E-state index is -4.37. The number of fused-ring (bicyclic) bond motifs is 1. The standard InChI is InChI=1S/C21H19F3N2O3/c22-21(23,24)15-9-7-14(8-10-15)11-12-25-18(27)6-3-13-26-19(28)16-4-1-2-5-17(16)20(26)29/h1-2,4-5,7-10H,3,6,11-13H2,(H,25,27). The highest BCUT2D eigenvalue weighted by Crippen LogP contribution is 2.29. The molecule has 8 heteroatoms. The van der Waals surface area contributed by atoms with Crippen molar-refractivity contribution in [3.8, 4) is 0 Å². The first kappa shape index (κ1) is 20.6. The van der Waals surface area contributed by atoms with Gasteiger partial charge in [-0.25, -0.2) is 0 Å². The zero-order valence-electron chi connectivity index (χ0n) is 15.5. The van der Waals surface area contributed by atoms with E-state index in [-0.39, 0.29) is 37.2 Å². The van der Waals surface area contributed by atoms with Gasteiger partial charge in [0.05, 0.1) is 16.7 Å². The Balaban J connectivity index is 1.39. The smallest absolute Gasteiger partial charge is 0.356 e. The highest BCUT2D eigenvalue weighted by atomic mass is 19.4. The van der Waals surface area contributed by atoms with Gasteiger partial charge in [-0.05, 0) is 42.7 Å². The number of hydrogen-bond acceptors (Lipinski definition) is 3. The van der Waals surface area contributed by atoms with Crippen molar-refractivity contribution in [2.75, 3.05) is 13.1 Å². The lowest BCUT2D eigenvalue weighted by atomic mass is 10.1. The summed E-state index contributed by atoms with van der Waals surface area (Å²) in [5.41, 5.74) is 0.722. The molecule has 1 aliphatic rings. The van der Waals surface area contributed by atoms with E-state index in [1.807, 2.05) is 0 Å². The second-order valence-corrected chi connectivity index (χ2v) is 6.71. The number of halogens is 3. The average molecular weight is 404 g/mol. The molecule has 0 saturated carbocycles. The van der Waals surface area contributed by atoms with Crippen LogP contribution in [0.3, 0.4) is 0 Å². The quantitative estimate of drug-likeness (QED) is 0.719. The highest BCUT2D eigenvalue weighted by Gasteiger charge is 2.34. The molecule has 0 radical (unpaired) electrons. The van der Waals surface area contributed by atoms with Crippen LogP contribution in [0.5, 0.6) is 0 Å². The Hall–Kier alpha value is -3.16. The number of amides is 3. The Bertz CT molecular complexity index is 889. The van der Waals surface area contributed by atoms with Crippen LogP contribution in [-0.4, -0.2) is 35.7 Å². The lowest BCUT2D eigenvalue weighted by molar-refractivity contribution is -0.137. The molecule has 0 bridgehead atoms. The van der Waals surface area contributed by atoms with Gasteiger partial charge in [0.15, 0.2) is 0 Å². The Morgan fingerprint density at radius 3 is 2.07 bits per heavy atom. The number of imide groups is 1. The van der Waals surface area contributed by atoms with Gasteiger partial charge in [-0.1, -0.05) is 24.3 Å². The molecule has 0 spiro atoms. The summed E-state index contributed by atoms with van der Waals surface area (Å²) >= 11 is 0. The van der Waals surface area contributed by atoms with Crippen molar-refractivity contribution in [2.24, 2.45) is 0 Å². The van der Waals surface area contributed by atoms with E-state index < -0.39 is 11.7 Å². The van der Waals surface area contributed by atoms with Gasteiger partial charge in [0.2, 0.25) is 5.91 Å². The molecule has 1 aliphatic heterocycles. The average Bonchev–Trinajstić information content (AvgIpc) is 2.93. The van der Waals surface area contributed by atoms with E-state index in [0.29, 0.717) is 29.5 Å². The number of carbonyl (C=O) groups is 3. The van der Waals surface area contributed by atoms with E-state index in [2.05, 4.69) is 5.32 Å². The first-order valence-corrected chi connectivity index (χ1v) is 9.15. The second kappa shape index (κ2) is 8.46. The van der Waals surface area contributed by atoms with Gasteiger partial charge in [0.1, 0.15) is 0 Å². The van der Waals surface area contributed by atoms with Crippen molar-refractivity contribution in [2.45, 2.75) is 25.4 Å². The van der Waals surface area contributed by atoms with E-state index in [1.165, 1.54) is 12.1 Å². The third-order valence-electron chi connectivity index (χ3n) is 4.68. The molecule has 0 fully saturated rings. The van der Waals surface area contributed by atoms with Gasteiger partial charge in [0.25, 0.3) is 11.8 Å². The van der Waals surface area contributed by atoms with Gasteiger partial charge >= 0.3 is 6.18 Å². The number of alkyl halides is 3. The number of nitrogens with zero attached hydrogens (tertiary/aromatic N) is 1. The topological polar surface area (TPSA) is 66.5 Å². The molecule has 3 amide bonds. The van der Waals surface area contributed by atoms with Crippen LogP contribution in [0.4, 0.5) is 13.2 Å². The number of carbonyl (C=O) groups excluding carboxylic acids is 3. The molecule has 0 aromatic heterocycles. The summed E-state index contributed by atoms with van der Waals surface area (Å²) in [7, 11) is 0. The van der Waals surface area contributed by atoms with Crippen LogP contribution < -0.4 is 5.32 Å². The Morgan fingerprint density at radius 1 is 0.931 bits per heavy atom. The summed E-state index contributed by atoms with van der Waals surface area (Å²) in [5.74, 6) is -0.949. The zero-order chi connectivity index (χ0) is 21.0. The molecule has 2 aromatic carbocycles. The maximum Gasteiger partial charge on any atom is 0.416 e. The largest absolute Gasteiger partial charge is 0.416 e. The third-order valence-corrected chi connectivity index (χ3v) is 4.68. The fourth-order valence-corrected chi connectivity index (χ4v) is 3.13. The van der Waals surface area contributed by atoms with Gasteiger partial charge in [-0.2, -0.15) is 13.2 Å². The molecule has 152 valence electrons. The monoisotopic (exact) mass is 404 g/mol. The molecular formula is C21H19F3N2O3. The molecule has 1 N–H and O–H groups in total. The molecule has 5 nitrogen and oxygen atoms in total.